The number of nitrogens with zero attached hydrogens (tertiary/aromatic N) is 1. The summed E-state index contributed by atoms with van der Waals surface area (Å²) in [4.78, 5) is 0. The summed E-state index contributed by atoms with van der Waals surface area (Å²) >= 11 is 0. The van der Waals surface area contributed by atoms with Crippen LogP contribution in [0.15, 0.2) is 5.16 Å². The third-order valence-electron chi connectivity index (χ3n) is 3.12. The first-order chi connectivity index (χ1) is 6.31. The van der Waals surface area contributed by atoms with Crippen molar-refractivity contribution in [1.29, 1.82) is 0 Å². The van der Waals surface area contributed by atoms with E-state index in [4.69, 9.17) is 10.9 Å². The third-order valence-corrected chi connectivity index (χ3v) is 3.12. The maximum Gasteiger partial charge on any atom is 0.0723 e. The molecule has 5 N–H and O–H groups in total. The minimum absolute atomic E-state index is 0.0806. The monoisotopic (exact) mass is 184 g/mol. The van der Waals surface area contributed by atoms with E-state index in [-0.39, 0.29) is 6.17 Å². The zero-order valence-corrected chi connectivity index (χ0v) is 7.48. The van der Waals surface area contributed by atoms with Crippen LogP contribution in [-0.2, 0) is 0 Å². The van der Waals surface area contributed by atoms with E-state index in [2.05, 4.69) is 16.0 Å². The molecular formula is C8H16N4O. The second kappa shape index (κ2) is 3.61. The molecule has 74 valence electrons. The predicted octanol–water partition coefficient (Wildman–Crippen LogP) is -0.376. The van der Waals surface area contributed by atoms with Gasteiger partial charge in [0.05, 0.1) is 6.17 Å². The molecule has 0 radical (unpaired) electrons. The Morgan fingerprint density at radius 2 is 2.23 bits per heavy atom. The minimum atomic E-state index is 0.0806. The third kappa shape index (κ3) is 1.67. The molecule has 0 aromatic rings. The Kier molecular flexibility index (Phi) is 2.48. The molecule has 5 heteroatoms. The van der Waals surface area contributed by atoms with E-state index >= 15 is 0 Å². The smallest absolute Gasteiger partial charge is 0.0723 e. The van der Waals surface area contributed by atoms with Crippen molar-refractivity contribution in [1.82, 2.24) is 10.9 Å². The summed E-state index contributed by atoms with van der Waals surface area (Å²) < 4.78 is 0. The van der Waals surface area contributed by atoms with Crippen molar-refractivity contribution >= 4 is 6.21 Å². The van der Waals surface area contributed by atoms with Crippen LogP contribution in [0.1, 0.15) is 19.3 Å². The molecule has 0 amide bonds. The van der Waals surface area contributed by atoms with Gasteiger partial charge in [-0.2, -0.15) is 0 Å². The first-order valence-corrected chi connectivity index (χ1v) is 4.75. The highest BCUT2D eigenvalue weighted by molar-refractivity contribution is 5.60. The highest BCUT2D eigenvalue weighted by Crippen LogP contribution is 2.31. The minimum Gasteiger partial charge on any atom is -0.411 e. The van der Waals surface area contributed by atoms with E-state index in [0.29, 0.717) is 17.9 Å². The average Bonchev–Trinajstić information content (AvgIpc) is 2.48. The lowest BCUT2D eigenvalue weighted by molar-refractivity contribution is 0.270. The topological polar surface area (TPSA) is 82.7 Å². The summed E-state index contributed by atoms with van der Waals surface area (Å²) in [5.74, 6) is 0.925. The van der Waals surface area contributed by atoms with Crippen LogP contribution in [0.25, 0.3) is 0 Å². The highest BCUT2D eigenvalue weighted by Gasteiger charge is 2.37. The van der Waals surface area contributed by atoms with Gasteiger partial charge in [0.25, 0.3) is 0 Å². The van der Waals surface area contributed by atoms with Gasteiger partial charge in [-0.25, -0.2) is 5.43 Å². The van der Waals surface area contributed by atoms with E-state index in [9.17, 15) is 0 Å². The molecule has 2 fully saturated rings. The van der Waals surface area contributed by atoms with E-state index in [1.54, 1.807) is 6.21 Å². The largest absolute Gasteiger partial charge is 0.411 e. The molecule has 4 unspecified atom stereocenters. The van der Waals surface area contributed by atoms with Crippen LogP contribution in [0, 0.1) is 11.8 Å². The Labute approximate surface area is 77.3 Å². The standard InChI is InChI=1S/C8H16N4O/c9-8-6-2-1-5(4-10-13)3-7(6)11-12-8/h4-8,11-13H,1-3,9H2. The molecule has 1 aliphatic carbocycles. The molecule has 1 saturated carbocycles. The van der Waals surface area contributed by atoms with Crippen molar-refractivity contribution in [2.45, 2.75) is 31.5 Å². The number of nitrogens with two attached hydrogens (primary N) is 1. The fourth-order valence-electron chi connectivity index (χ4n) is 2.36. The summed E-state index contributed by atoms with van der Waals surface area (Å²) in [7, 11) is 0. The van der Waals surface area contributed by atoms with Gasteiger partial charge in [0.1, 0.15) is 0 Å². The molecule has 1 saturated heterocycles. The number of nitrogens with one attached hydrogen (secondary N) is 2. The zero-order valence-electron chi connectivity index (χ0n) is 7.48. The summed E-state index contributed by atoms with van der Waals surface area (Å²) in [5.41, 5.74) is 12.1. The van der Waals surface area contributed by atoms with Gasteiger partial charge in [0, 0.05) is 18.2 Å². The van der Waals surface area contributed by atoms with Crippen LogP contribution in [0.3, 0.4) is 0 Å². The van der Waals surface area contributed by atoms with Gasteiger partial charge in [-0.15, -0.1) is 5.16 Å². The molecule has 2 aliphatic rings. The first kappa shape index (κ1) is 8.93. The van der Waals surface area contributed by atoms with Gasteiger partial charge in [-0.1, -0.05) is 0 Å². The fraction of sp³-hybridized carbons (Fsp3) is 0.875. The van der Waals surface area contributed by atoms with Crippen molar-refractivity contribution in [3.05, 3.63) is 0 Å². The molecule has 5 nitrogen and oxygen atoms in total. The maximum atomic E-state index is 8.42. The average molecular weight is 184 g/mol. The van der Waals surface area contributed by atoms with Crippen molar-refractivity contribution in [3.8, 4) is 0 Å². The van der Waals surface area contributed by atoms with Crippen LogP contribution in [0.5, 0.6) is 0 Å². The summed E-state index contributed by atoms with van der Waals surface area (Å²) in [5, 5.41) is 11.5. The molecule has 2 rings (SSSR count). The predicted molar refractivity (Wildman–Crippen MR) is 49.1 cm³/mol. The number of hydrogen-bond donors (Lipinski definition) is 4. The molecular weight excluding hydrogens is 168 g/mol. The van der Waals surface area contributed by atoms with Crippen LogP contribution >= 0.6 is 0 Å². The number of rotatable bonds is 1. The fourth-order valence-corrected chi connectivity index (χ4v) is 2.36. The van der Waals surface area contributed by atoms with Gasteiger partial charge in [0.2, 0.25) is 0 Å². The van der Waals surface area contributed by atoms with Gasteiger partial charge < -0.3 is 10.9 Å². The van der Waals surface area contributed by atoms with E-state index in [1.165, 1.54) is 0 Å². The second-order valence-corrected chi connectivity index (χ2v) is 3.92. The zero-order chi connectivity index (χ0) is 9.26. The number of oxime groups is 1. The second-order valence-electron chi connectivity index (χ2n) is 3.92. The summed E-state index contributed by atoms with van der Waals surface area (Å²) in [6.45, 7) is 0. The number of hydrogen-bond acceptors (Lipinski definition) is 5. The van der Waals surface area contributed by atoms with E-state index in [0.717, 1.165) is 19.3 Å². The first-order valence-electron chi connectivity index (χ1n) is 4.75. The maximum absolute atomic E-state index is 8.42. The SMILES string of the molecule is NC1NNC2CC(C=NO)CCC12. The highest BCUT2D eigenvalue weighted by atomic mass is 16.4. The van der Waals surface area contributed by atoms with Crippen molar-refractivity contribution in [3.63, 3.8) is 0 Å². The Balaban J connectivity index is 1.95. The van der Waals surface area contributed by atoms with Crippen LogP contribution in [0.4, 0.5) is 0 Å². The Hall–Kier alpha value is -0.650. The van der Waals surface area contributed by atoms with Crippen LogP contribution in [-0.4, -0.2) is 23.6 Å². The summed E-state index contributed by atoms with van der Waals surface area (Å²) in [6.07, 6.45) is 4.89. The van der Waals surface area contributed by atoms with Gasteiger partial charge >= 0.3 is 0 Å². The van der Waals surface area contributed by atoms with Gasteiger partial charge in [-0.05, 0) is 25.2 Å². The molecule has 0 aromatic heterocycles. The molecule has 0 spiro atoms. The molecule has 0 bridgehead atoms. The number of fused-ring (bicyclic) bond motifs is 1. The molecule has 13 heavy (non-hydrogen) atoms. The molecule has 0 aromatic carbocycles. The molecule has 4 atom stereocenters. The lowest BCUT2D eigenvalue weighted by Crippen LogP contribution is -2.39. The Morgan fingerprint density at radius 1 is 1.38 bits per heavy atom. The number of hydrazine groups is 1. The van der Waals surface area contributed by atoms with Crippen LogP contribution in [0.2, 0.25) is 0 Å². The molecule has 1 aliphatic heterocycles. The molecule has 1 heterocycles. The van der Waals surface area contributed by atoms with E-state index < -0.39 is 0 Å². The van der Waals surface area contributed by atoms with Gasteiger partial charge in [-0.3, -0.25) is 5.43 Å². The van der Waals surface area contributed by atoms with Crippen molar-refractivity contribution in [2.75, 3.05) is 0 Å². The quantitative estimate of drug-likeness (QED) is 0.254. The van der Waals surface area contributed by atoms with Crippen molar-refractivity contribution < 1.29 is 5.21 Å². The Bertz CT molecular complexity index is 208. The van der Waals surface area contributed by atoms with Gasteiger partial charge in [0.15, 0.2) is 0 Å². The van der Waals surface area contributed by atoms with Crippen LogP contribution < -0.4 is 16.6 Å². The lowest BCUT2D eigenvalue weighted by Gasteiger charge is -2.29. The van der Waals surface area contributed by atoms with E-state index in [1.807, 2.05) is 0 Å². The van der Waals surface area contributed by atoms with Crippen molar-refractivity contribution in [2.24, 2.45) is 22.7 Å². The summed E-state index contributed by atoms with van der Waals surface area (Å²) in [6, 6.07) is 0.437. The normalized spacial score (nSPS) is 45.3. The Morgan fingerprint density at radius 3 is 3.00 bits per heavy atom. The lowest BCUT2D eigenvalue weighted by atomic mass is 9.79.